The molecule has 9 nitrogen and oxygen atoms in total. The van der Waals surface area contributed by atoms with Crippen molar-refractivity contribution in [2.75, 3.05) is 33.0 Å². The van der Waals surface area contributed by atoms with Crippen molar-refractivity contribution in [2.24, 2.45) is 0 Å². The molecule has 0 spiro atoms. The molecular weight excluding hydrogens is 499 g/mol. The molecule has 0 rings (SSSR count). The standard InChI is InChI=1S/C27H55O9P/c1-3-5-7-9-11-12-14-16-18-20-33-23-26(24-35-37(31,32)34-22-25(29)21-28)36-27(30)19-17-15-13-10-8-6-4-2/h25-26,28-29H,3-24H2,1-2H3,(H,31,32). The lowest BCUT2D eigenvalue weighted by molar-refractivity contribution is -0.154. The summed E-state index contributed by atoms with van der Waals surface area (Å²) in [6, 6.07) is 0. The van der Waals surface area contributed by atoms with Gasteiger partial charge in [0.15, 0.2) is 0 Å². The van der Waals surface area contributed by atoms with Crippen LogP contribution in [0.5, 0.6) is 0 Å². The molecule has 0 fully saturated rings. The number of unbranched alkanes of at least 4 members (excludes halogenated alkanes) is 14. The van der Waals surface area contributed by atoms with Crippen LogP contribution in [0.25, 0.3) is 0 Å². The molecule has 37 heavy (non-hydrogen) atoms. The van der Waals surface area contributed by atoms with Gasteiger partial charge in [-0.25, -0.2) is 4.57 Å². The second kappa shape index (κ2) is 25.7. The maximum absolute atomic E-state index is 12.3. The third-order valence-electron chi connectivity index (χ3n) is 6.04. The second-order valence-corrected chi connectivity index (χ2v) is 11.2. The normalized spacial score (nSPS) is 14.8. The molecule has 0 heterocycles. The minimum atomic E-state index is -4.48. The van der Waals surface area contributed by atoms with Crippen LogP contribution in [0.1, 0.15) is 123 Å². The molecule has 0 aliphatic rings. The molecule has 3 atom stereocenters. The summed E-state index contributed by atoms with van der Waals surface area (Å²) in [5.74, 6) is -0.391. The molecule has 0 aliphatic carbocycles. The smallest absolute Gasteiger partial charge is 0.457 e. The zero-order valence-corrected chi connectivity index (χ0v) is 24.3. The highest BCUT2D eigenvalue weighted by Crippen LogP contribution is 2.43. The molecule has 222 valence electrons. The van der Waals surface area contributed by atoms with Crippen LogP contribution in [0.2, 0.25) is 0 Å². The van der Waals surface area contributed by atoms with E-state index in [9.17, 15) is 19.4 Å². The highest BCUT2D eigenvalue weighted by atomic mass is 31.2. The van der Waals surface area contributed by atoms with Crippen molar-refractivity contribution >= 4 is 13.8 Å². The molecule has 10 heteroatoms. The van der Waals surface area contributed by atoms with Crippen molar-refractivity contribution in [2.45, 2.75) is 135 Å². The lowest BCUT2D eigenvalue weighted by Gasteiger charge is -2.20. The van der Waals surface area contributed by atoms with Crippen LogP contribution >= 0.6 is 7.82 Å². The van der Waals surface area contributed by atoms with E-state index < -0.39 is 39.2 Å². The van der Waals surface area contributed by atoms with Crippen LogP contribution in [0.3, 0.4) is 0 Å². The number of rotatable bonds is 28. The van der Waals surface area contributed by atoms with Crippen LogP contribution in [0.4, 0.5) is 0 Å². The molecule has 0 saturated heterocycles. The van der Waals surface area contributed by atoms with Gasteiger partial charge in [0.1, 0.15) is 12.2 Å². The molecule has 0 aliphatic heterocycles. The summed E-state index contributed by atoms with van der Waals surface area (Å²) in [6.07, 6.45) is 16.6. The number of aliphatic hydroxyl groups excluding tert-OH is 2. The Kier molecular flexibility index (Phi) is 25.3. The molecule has 3 N–H and O–H groups in total. The van der Waals surface area contributed by atoms with Crippen molar-refractivity contribution in [3.8, 4) is 0 Å². The summed E-state index contributed by atoms with van der Waals surface area (Å²) in [5.41, 5.74) is 0. The van der Waals surface area contributed by atoms with E-state index in [4.69, 9.17) is 19.1 Å². The average molecular weight is 555 g/mol. The molecule has 0 bridgehead atoms. The lowest BCUT2D eigenvalue weighted by Crippen LogP contribution is -2.29. The number of hydrogen-bond acceptors (Lipinski definition) is 8. The fourth-order valence-electron chi connectivity index (χ4n) is 3.76. The summed E-state index contributed by atoms with van der Waals surface area (Å²) in [5, 5.41) is 18.1. The van der Waals surface area contributed by atoms with E-state index in [0.29, 0.717) is 6.61 Å². The van der Waals surface area contributed by atoms with Crippen LogP contribution in [0.15, 0.2) is 0 Å². The van der Waals surface area contributed by atoms with E-state index >= 15 is 0 Å². The van der Waals surface area contributed by atoms with Gasteiger partial charge in [0.05, 0.1) is 26.4 Å². The monoisotopic (exact) mass is 554 g/mol. The molecule has 3 unspecified atom stereocenters. The maximum Gasteiger partial charge on any atom is 0.472 e. The summed E-state index contributed by atoms with van der Waals surface area (Å²) in [6.45, 7) is 3.43. The van der Waals surface area contributed by atoms with Gasteiger partial charge in [-0.3, -0.25) is 13.8 Å². The summed E-state index contributed by atoms with van der Waals surface area (Å²) >= 11 is 0. The predicted molar refractivity (Wildman–Crippen MR) is 145 cm³/mol. The number of phosphoric ester groups is 1. The first-order valence-corrected chi connectivity index (χ1v) is 16.0. The van der Waals surface area contributed by atoms with E-state index in [1.165, 1.54) is 70.6 Å². The number of aliphatic hydroxyl groups is 2. The van der Waals surface area contributed by atoms with Gasteiger partial charge < -0.3 is 24.6 Å². The second-order valence-electron chi connectivity index (χ2n) is 9.78. The number of esters is 1. The van der Waals surface area contributed by atoms with E-state index in [2.05, 4.69) is 18.4 Å². The first kappa shape index (κ1) is 36.5. The highest BCUT2D eigenvalue weighted by Gasteiger charge is 2.26. The Morgan fingerprint density at radius 3 is 1.76 bits per heavy atom. The Balaban J connectivity index is 4.34. The highest BCUT2D eigenvalue weighted by molar-refractivity contribution is 7.47. The minimum Gasteiger partial charge on any atom is -0.457 e. The SMILES string of the molecule is CCCCCCCCCCCOCC(COP(=O)(O)OCC(O)CO)OC(=O)CCCCCCCCC. The minimum absolute atomic E-state index is 0.0546. The number of phosphoric acid groups is 1. The zero-order chi connectivity index (χ0) is 27.6. The quantitative estimate of drug-likeness (QED) is 0.0598. The number of carbonyl (C=O) groups is 1. The Labute approximate surface area is 225 Å². The van der Waals surface area contributed by atoms with E-state index in [0.717, 1.165) is 32.1 Å². The van der Waals surface area contributed by atoms with Crippen molar-refractivity contribution in [3.05, 3.63) is 0 Å². The molecule has 0 aromatic heterocycles. The largest absolute Gasteiger partial charge is 0.472 e. The van der Waals surface area contributed by atoms with Crippen molar-refractivity contribution in [1.82, 2.24) is 0 Å². The van der Waals surface area contributed by atoms with E-state index in [-0.39, 0.29) is 19.6 Å². The summed E-state index contributed by atoms with van der Waals surface area (Å²) in [7, 11) is -4.48. The average Bonchev–Trinajstić information content (AvgIpc) is 2.88. The van der Waals surface area contributed by atoms with Gasteiger partial charge in [-0.2, -0.15) is 0 Å². The van der Waals surface area contributed by atoms with Crippen LogP contribution in [0, 0.1) is 0 Å². The Bertz CT molecular complexity index is 562. The van der Waals surface area contributed by atoms with Crippen molar-refractivity contribution in [1.29, 1.82) is 0 Å². The van der Waals surface area contributed by atoms with Gasteiger partial charge in [0.2, 0.25) is 0 Å². The molecule has 0 aromatic rings. The number of carbonyl (C=O) groups excluding carboxylic acids is 1. The topological polar surface area (TPSA) is 132 Å². The third-order valence-corrected chi connectivity index (χ3v) is 6.99. The van der Waals surface area contributed by atoms with E-state index in [1.807, 2.05) is 0 Å². The van der Waals surface area contributed by atoms with E-state index in [1.54, 1.807) is 0 Å². The zero-order valence-electron chi connectivity index (χ0n) is 23.4. The van der Waals surface area contributed by atoms with Crippen LogP contribution < -0.4 is 0 Å². The van der Waals surface area contributed by atoms with Gasteiger partial charge >= 0.3 is 13.8 Å². The van der Waals surface area contributed by atoms with Gasteiger partial charge in [0.25, 0.3) is 0 Å². The maximum atomic E-state index is 12.3. The Hall–Kier alpha value is -0.540. The number of ether oxygens (including phenoxy) is 2. The third kappa shape index (κ3) is 25.5. The van der Waals surface area contributed by atoms with Crippen LogP contribution in [-0.4, -0.2) is 66.3 Å². The van der Waals surface area contributed by atoms with Gasteiger partial charge in [0, 0.05) is 13.0 Å². The molecule has 0 amide bonds. The van der Waals surface area contributed by atoms with Crippen LogP contribution in [-0.2, 0) is 27.9 Å². The molecular formula is C27H55O9P. The predicted octanol–water partition coefficient (Wildman–Crippen LogP) is 6.07. The lowest BCUT2D eigenvalue weighted by atomic mass is 10.1. The van der Waals surface area contributed by atoms with Gasteiger partial charge in [-0.1, -0.05) is 104 Å². The van der Waals surface area contributed by atoms with Crippen molar-refractivity contribution < 1.29 is 43.0 Å². The summed E-state index contributed by atoms with van der Waals surface area (Å²) in [4.78, 5) is 22.1. The Morgan fingerprint density at radius 1 is 0.730 bits per heavy atom. The van der Waals surface area contributed by atoms with Gasteiger partial charge in [-0.05, 0) is 12.8 Å². The molecule has 0 saturated carbocycles. The molecule has 0 radical (unpaired) electrons. The van der Waals surface area contributed by atoms with Crippen molar-refractivity contribution in [3.63, 3.8) is 0 Å². The summed E-state index contributed by atoms with van der Waals surface area (Å²) < 4.78 is 32.8. The molecule has 0 aromatic carbocycles. The first-order valence-electron chi connectivity index (χ1n) is 14.5. The first-order chi connectivity index (χ1) is 17.8. The Morgan fingerprint density at radius 2 is 1.22 bits per heavy atom. The van der Waals surface area contributed by atoms with Gasteiger partial charge in [-0.15, -0.1) is 0 Å². The fourth-order valence-corrected chi connectivity index (χ4v) is 4.55. The fraction of sp³-hybridized carbons (Fsp3) is 0.963. The number of hydrogen-bond donors (Lipinski definition) is 3.